The molecule has 0 aliphatic carbocycles. The Labute approximate surface area is 279 Å². The van der Waals surface area contributed by atoms with Crippen molar-refractivity contribution in [2.45, 2.75) is 100 Å². The Hall–Kier alpha value is -4.46. The molecule has 0 aliphatic heterocycles. The number of methoxy groups -OCH3 is 2. The second-order valence-corrected chi connectivity index (χ2v) is 12.6. The molecule has 0 bridgehead atoms. The van der Waals surface area contributed by atoms with E-state index in [1.54, 1.807) is 0 Å². The predicted molar refractivity (Wildman–Crippen MR) is 188 cm³/mol. The number of ketones is 2. The summed E-state index contributed by atoms with van der Waals surface area (Å²) in [7, 11) is 2.78. The molecule has 8 heteroatoms. The minimum Gasteiger partial charge on any atom is -0.507 e. The molecule has 2 aromatic rings. The maximum Gasteiger partial charge on any atom is 0.167 e. The van der Waals surface area contributed by atoms with Crippen LogP contribution >= 0.6 is 0 Å². The molecule has 0 heterocycles. The van der Waals surface area contributed by atoms with Crippen LogP contribution in [0.2, 0.25) is 0 Å². The molecule has 0 unspecified atom stereocenters. The van der Waals surface area contributed by atoms with Crippen LogP contribution in [0.3, 0.4) is 0 Å². The molecule has 0 aromatic heterocycles. The molecule has 2 rings (SSSR count). The number of hydrogen-bond donors (Lipinski definition) is 4. The summed E-state index contributed by atoms with van der Waals surface area (Å²) in [6.07, 6.45) is 11.7. The normalized spacial score (nSPS) is 11.7. The molecule has 0 amide bonds. The third kappa shape index (κ3) is 9.77. The minimum atomic E-state index is -0.560. The third-order valence-electron chi connectivity index (χ3n) is 8.14. The second kappa shape index (κ2) is 17.5. The van der Waals surface area contributed by atoms with Gasteiger partial charge >= 0.3 is 0 Å². The van der Waals surface area contributed by atoms with E-state index in [2.05, 4.69) is 12.2 Å². The van der Waals surface area contributed by atoms with Crippen molar-refractivity contribution in [3.05, 3.63) is 80.0 Å². The van der Waals surface area contributed by atoms with Gasteiger partial charge in [-0.15, -0.1) is 0 Å². The fourth-order valence-corrected chi connectivity index (χ4v) is 5.60. The summed E-state index contributed by atoms with van der Waals surface area (Å²) >= 11 is 0. The number of phenolic OH excluding ortho intramolecular Hbond substituents is 4. The number of ether oxygens (including phenoxy) is 2. The zero-order chi connectivity index (χ0) is 35.6. The molecule has 4 N–H and O–H groups in total. The van der Waals surface area contributed by atoms with E-state index < -0.39 is 23.1 Å². The van der Waals surface area contributed by atoms with Gasteiger partial charge in [-0.3, -0.25) is 9.59 Å². The van der Waals surface area contributed by atoms with Crippen molar-refractivity contribution in [1.82, 2.24) is 0 Å². The first-order chi connectivity index (χ1) is 22.1. The number of Topliss-reactive ketones (excluding diaryl/α,β-unsaturated/α-hetero) is 2. The fraction of sp³-hybridized carbons (Fsp3) is 0.436. The highest BCUT2D eigenvalue weighted by Crippen LogP contribution is 2.49. The van der Waals surface area contributed by atoms with E-state index in [9.17, 15) is 30.0 Å². The molecule has 0 saturated carbocycles. The first kappa shape index (κ1) is 38.7. The van der Waals surface area contributed by atoms with Crippen LogP contribution < -0.4 is 9.47 Å². The molecule has 0 aliphatic rings. The SMILES string of the molecule is COc1c(C/C=C(\C)CCC=C(C)C)c(O)c(C(C)=O)c(O)c1Cc1c(O)c(C(C)=O)c(O)c(C/C=C(\C)CCC=C(C)C)c1OC. The number of allylic oxidation sites excluding steroid dienone is 8. The van der Waals surface area contributed by atoms with Gasteiger partial charge in [-0.1, -0.05) is 46.6 Å². The Bertz CT molecular complexity index is 1490. The van der Waals surface area contributed by atoms with Crippen LogP contribution in [0.25, 0.3) is 0 Å². The van der Waals surface area contributed by atoms with Crippen molar-refractivity contribution in [1.29, 1.82) is 0 Å². The number of hydrogen-bond acceptors (Lipinski definition) is 8. The summed E-state index contributed by atoms with van der Waals surface area (Å²) in [5.41, 5.74) is 4.88. The molecule has 0 radical (unpaired) electrons. The van der Waals surface area contributed by atoms with Gasteiger partial charge in [-0.25, -0.2) is 0 Å². The molecule has 256 valence electrons. The molecule has 47 heavy (non-hydrogen) atoms. The van der Waals surface area contributed by atoms with E-state index in [4.69, 9.17) is 9.47 Å². The Morgan fingerprint density at radius 2 is 0.851 bits per heavy atom. The maximum atomic E-state index is 12.7. The second-order valence-electron chi connectivity index (χ2n) is 12.6. The lowest BCUT2D eigenvalue weighted by atomic mass is 9.89. The maximum absolute atomic E-state index is 12.7. The van der Waals surface area contributed by atoms with Gasteiger partial charge in [0.2, 0.25) is 0 Å². The van der Waals surface area contributed by atoms with Crippen LogP contribution in [0, 0.1) is 0 Å². The van der Waals surface area contributed by atoms with Crippen LogP contribution in [0.1, 0.15) is 124 Å². The number of carbonyl (C=O) groups excluding carboxylic acids is 2. The first-order valence-corrected chi connectivity index (χ1v) is 15.9. The Morgan fingerprint density at radius 3 is 1.13 bits per heavy atom. The smallest absolute Gasteiger partial charge is 0.167 e. The van der Waals surface area contributed by atoms with E-state index in [0.29, 0.717) is 11.1 Å². The summed E-state index contributed by atoms with van der Waals surface area (Å²) in [6.45, 7) is 14.6. The Kier molecular flexibility index (Phi) is 14.4. The van der Waals surface area contributed by atoms with Crippen molar-refractivity contribution in [2.24, 2.45) is 0 Å². The number of phenols is 4. The highest BCUT2D eigenvalue weighted by molar-refractivity contribution is 6.02. The highest BCUT2D eigenvalue weighted by atomic mass is 16.5. The van der Waals surface area contributed by atoms with Gasteiger partial charge < -0.3 is 29.9 Å². The van der Waals surface area contributed by atoms with E-state index in [1.807, 2.05) is 53.7 Å². The van der Waals surface area contributed by atoms with E-state index in [1.165, 1.54) is 39.2 Å². The summed E-state index contributed by atoms with van der Waals surface area (Å²) in [6, 6.07) is 0. The van der Waals surface area contributed by atoms with E-state index in [-0.39, 0.29) is 64.5 Å². The minimum absolute atomic E-state index is 0.120. The van der Waals surface area contributed by atoms with Crippen molar-refractivity contribution in [3.63, 3.8) is 0 Å². The van der Waals surface area contributed by atoms with Crippen molar-refractivity contribution < 1.29 is 39.5 Å². The molecule has 0 saturated heterocycles. The Balaban J connectivity index is 2.82. The van der Waals surface area contributed by atoms with Crippen molar-refractivity contribution >= 4 is 11.6 Å². The number of aromatic hydroxyl groups is 4. The van der Waals surface area contributed by atoms with Crippen molar-refractivity contribution in [2.75, 3.05) is 14.2 Å². The monoisotopic (exact) mass is 648 g/mol. The largest absolute Gasteiger partial charge is 0.507 e. The third-order valence-corrected chi connectivity index (χ3v) is 8.14. The molecular weight excluding hydrogens is 596 g/mol. The van der Waals surface area contributed by atoms with Gasteiger partial charge in [0.05, 0.1) is 14.2 Å². The van der Waals surface area contributed by atoms with Crippen LogP contribution in [0.5, 0.6) is 34.5 Å². The lowest BCUT2D eigenvalue weighted by Gasteiger charge is -2.23. The molecule has 0 atom stereocenters. The average molecular weight is 649 g/mol. The number of rotatable bonds is 16. The fourth-order valence-electron chi connectivity index (χ4n) is 5.60. The van der Waals surface area contributed by atoms with Crippen LogP contribution in [0.4, 0.5) is 0 Å². The summed E-state index contributed by atoms with van der Waals surface area (Å²) in [4.78, 5) is 25.5. The van der Waals surface area contributed by atoms with Crippen LogP contribution in [-0.2, 0) is 19.3 Å². The van der Waals surface area contributed by atoms with Gasteiger partial charge in [0.1, 0.15) is 45.6 Å². The summed E-state index contributed by atoms with van der Waals surface area (Å²) < 4.78 is 11.5. The van der Waals surface area contributed by atoms with Gasteiger partial charge in [-0.2, -0.15) is 0 Å². The lowest BCUT2D eigenvalue weighted by molar-refractivity contribution is 0.0998. The Morgan fingerprint density at radius 1 is 0.532 bits per heavy atom. The zero-order valence-electron chi connectivity index (χ0n) is 29.7. The average Bonchev–Trinajstić information content (AvgIpc) is 2.97. The summed E-state index contributed by atoms with van der Waals surface area (Å²) in [5.74, 6) is -2.63. The number of carbonyl (C=O) groups is 2. The number of benzene rings is 2. The van der Waals surface area contributed by atoms with E-state index >= 15 is 0 Å². The van der Waals surface area contributed by atoms with Crippen LogP contribution in [-0.4, -0.2) is 46.2 Å². The quantitative estimate of drug-likeness (QED) is 0.105. The standard InChI is InChI=1S/C39H52O8/c1-22(2)13-11-15-24(5)17-19-28-34(42)32(26(7)40)36(44)30(38(28)46-9)21-31-37(45)33(27(8)41)35(43)29(39(31)47-10)20-18-25(6)16-12-14-23(3)4/h13-14,17-18,42-45H,11-12,15-16,19-21H2,1-10H3/b24-17+,25-18+. The van der Waals surface area contributed by atoms with Crippen LogP contribution in [0.15, 0.2) is 46.6 Å². The first-order valence-electron chi connectivity index (χ1n) is 15.9. The zero-order valence-corrected chi connectivity index (χ0v) is 29.7. The van der Waals surface area contributed by atoms with Crippen molar-refractivity contribution in [3.8, 4) is 34.5 Å². The van der Waals surface area contributed by atoms with Gasteiger partial charge in [0.15, 0.2) is 11.6 Å². The van der Waals surface area contributed by atoms with Gasteiger partial charge in [0.25, 0.3) is 0 Å². The predicted octanol–water partition coefficient (Wildman–Crippen LogP) is 8.99. The van der Waals surface area contributed by atoms with Gasteiger partial charge in [-0.05, 0) is 93.9 Å². The topological polar surface area (TPSA) is 134 Å². The molecule has 8 nitrogen and oxygen atoms in total. The molecule has 2 aromatic carbocycles. The molecule has 0 fully saturated rings. The summed E-state index contributed by atoms with van der Waals surface area (Å²) in [5, 5.41) is 45.2. The van der Waals surface area contributed by atoms with Gasteiger partial charge in [0, 0.05) is 28.7 Å². The lowest BCUT2D eigenvalue weighted by Crippen LogP contribution is -2.09. The highest BCUT2D eigenvalue weighted by Gasteiger charge is 2.31. The van der Waals surface area contributed by atoms with E-state index in [0.717, 1.165) is 36.8 Å². The molecule has 0 spiro atoms. The molecular formula is C39H52O8.